The van der Waals surface area contributed by atoms with E-state index in [0.29, 0.717) is 6.42 Å². The van der Waals surface area contributed by atoms with Crippen LogP contribution < -0.4 is 5.73 Å². The van der Waals surface area contributed by atoms with E-state index in [9.17, 15) is 0 Å². The van der Waals surface area contributed by atoms with Gasteiger partial charge in [-0.15, -0.1) is 0 Å². The van der Waals surface area contributed by atoms with Crippen LogP contribution >= 0.6 is 11.6 Å². The molecule has 3 N–H and O–H groups in total. The van der Waals surface area contributed by atoms with Crippen LogP contribution in [0.15, 0.2) is 30.3 Å². The van der Waals surface area contributed by atoms with E-state index in [1.54, 1.807) is 0 Å². The molecule has 0 unspecified atom stereocenters. The third-order valence-corrected chi connectivity index (χ3v) is 2.22. The quantitative estimate of drug-likeness (QED) is 0.801. The van der Waals surface area contributed by atoms with Gasteiger partial charge >= 0.3 is 0 Å². The highest BCUT2D eigenvalue weighted by atomic mass is 35.5. The summed E-state index contributed by atoms with van der Waals surface area (Å²) >= 11 is 5.94. The zero-order chi connectivity index (χ0) is 10.4. The van der Waals surface area contributed by atoms with Crippen LogP contribution in [-0.4, -0.2) is 17.8 Å². The Morgan fingerprint density at radius 1 is 1.43 bits per heavy atom. The van der Waals surface area contributed by atoms with Crippen LogP contribution in [-0.2, 0) is 0 Å². The molecule has 0 aromatic heterocycles. The maximum atomic E-state index is 8.70. The van der Waals surface area contributed by atoms with Gasteiger partial charge in [-0.05, 0) is 18.1 Å². The Labute approximate surface area is 89.0 Å². The Balaban J connectivity index is 2.56. The summed E-state index contributed by atoms with van der Waals surface area (Å²) in [5.74, 6) is 0. The van der Waals surface area contributed by atoms with Crippen LogP contribution in [0.5, 0.6) is 0 Å². The number of benzene rings is 1. The first-order valence-electron chi connectivity index (χ1n) is 4.51. The summed E-state index contributed by atoms with van der Waals surface area (Å²) < 4.78 is 0. The lowest BCUT2D eigenvalue weighted by molar-refractivity contribution is 0.267. The van der Waals surface area contributed by atoms with Crippen LogP contribution in [0.4, 0.5) is 0 Å². The molecular formula is C11H14ClNO. The maximum Gasteiger partial charge on any atom is 0.0585 e. The molecule has 0 aliphatic carbocycles. The molecule has 0 fully saturated rings. The van der Waals surface area contributed by atoms with Gasteiger partial charge < -0.3 is 10.8 Å². The molecule has 0 spiro atoms. The van der Waals surface area contributed by atoms with Crippen molar-refractivity contribution < 1.29 is 5.11 Å². The van der Waals surface area contributed by atoms with E-state index < -0.39 is 0 Å². The van der Waals surface area contributed by atoms with E-state index in [1.807, 2.05) is 36.4 Å². The number of aliphatic hydroxyl groups excluding tert-OH is 1. The summed E-state index contributed by atoms with van der Waals surface area (Å²) in [5, 5.41) is 9.43. The smallest absolute Gasteiger partial charge is 0.0585 e. The van der Waals surface area contributed by atoms with Crippen LogP contribution in [0.25, 0.3) is 6.08 Å². The molecule has 2 nitrogen and oxygen atoms in total. The SMILES string of the molecule is N[C@H](CO)CC=Cc1ccccc1Cl. The number of hydrogen-bond donors (Lipinski definition) is 2. The molecule has 14 heavy (non-hydrogen) atoms. The highest BCUT2D eigenvalue weighted by molar-refractivity contribution is 6.32. The number of hydrogen-bond acceptors (Lipinski definition) is 2. The topological polar surface area (TPSA) is 46.2 Å². The highest BCUT2D eigenvalue weighted by Gasteiger charge is 1.96. The van der Waals surface area contributed by atoms with Crippen molar-refractivity contribution in [3.63, 3.8) is 0 Å². The fourth-order valence-electron chi connectivity index (χ4n) is 1.05. The molecule has 1 rings (SSSR count). The summed E-state index contributed by atoms with van der Waals surface area (Å²) in [6.07, 6.45) is 4.49. The van der Waals surface area contributed by atoms with Gasteiger partial charge in [0.2, 0.25) is 0 Å². The fourth-order valence-corrected chi connectivity index (χ4v) is 1.25. The van der Waals surface area contributed by atoms with Crippen molar-refractivity contribution in [2.24, 2.45) is 5.73 Å². The molecule has 0 aliphatic rings. The lowest BCUT2D eigenvalue weighted by Crippen LogP contribution is -2.22. The second-order valence-electron chi connectivity index (χ2n) is 3.10. The molecule has 3 heteroatoms. The minimum absolute atomic E-state index is 0.00681. The molecule has 0 saturated heterocycles. The van der Waals surface area contributed by atoms with Crippen molar-refractivity contribution in [3.8, 4) is 0 Å². The Morgan fingerprint density at radius 2 is 2.14 bits per heavy atom. The third kappa shape index (κ3) is 3.50. The zero-order valence-corrected chi connectivity index (χ0v) is 8.61. The average molecular weight is 212 g/mol. The largest absolute Gasteiger partial charge is 0.395 e. The highest BCUT2D eigenvalue weighted by Crippen LogP contribution is 2.16. The van der Waals surface area contributed by atoms with E-state index in [2.05, 4.69) is 0 Å². The molecular weight excluding hydrogens is 198 g/mol. The standard InChI is InChI=1S/C11H14ClNO/c12-11-7-2-1-4-9(11)5-3-6-10(13)8-14/h1-5,7,10,14H,6,8,13H2/t10-/m0/s1. The van der Waals surface area contributed by atoms with Gasteiger partial charge in [0, 0.05) is 11.1 Å². The Kier molecular flexibility index (Phi) is 4.66. The van der Waals surface area contributed by atoms with Crippen LogP contribution in [0, 0.1) is 0 Å². The van der Waals surface area contributed by atoms with Gasteiger partial charge in [0.05, 0.1) is 6.61 Å². The van der Waals surface area contributed by atoms with Crippen molar-refractivity contribution in [2.75, 3.05) is 6.61 Å². The van der Waals surface area contributed by atoms with Crippen LogP contribution in [0.2, 0.25) is 5.02 Å². The van der Waals surface area contributed by atoms with Crippen molar-refractivity contribution in [3.05, 3.63) is 40.9 Å². The molecule has 1 aromatic rings. The first-order chi connectivity index (χ1) is 6.74. The monoisotopic (exact) mass is 211 g/mol. The van der Waals surface area contributed by atoms with Crippen molar-refractivity contribution in [2.45, 2.75) is 12.5 Å². The Hall–Kier alpha value is -0.830. The summed E-state index contributed by atoms with van der Waals surface area (Å²) in [7, 11) is 0. The molecule has 0 amide bonds. The fraction of sp³-hybridized carbons (Fsp3) is 0.273. The lowest BCUT2D eigenvalue weighted by Gasteiger charge is -2.02. The lowest BCUT2D eigenvalue weighted by atomic mass is 10.1. The third-order valence-electron chi connectivity index (χ3n) is 1.88. The zero-order valence-electron chi connectivity index (χ0n) is 7.86. The number of aliphatic hydroxyl groups is 1. The molecule has 0 saturated carbocycles. The molecule has 0 heterocycles. The van der Waals surface area contributed by atoms with Crippen LogP contribution in [0.1, 0.15) is 12.0 Å². The van der Waals surface area contributed by atoms with E-state index in [-0.39, 0.29) is 12.6 Å². The van der Waals surface area contributed by atoms with Gasteiger partial charge in [-0.2, -0.15) is 0 Å². The summed E-state index contributed by atoms with van der Waals surface area (Å²) in [6.45, 7) is 0.00681. The molecule has 0 aliphatic heterocycles. The normalized spacial score (nSPS) is 13.4. The minimum atomic E-state index is -0.186. The molecule has 1 atom stereocenters. The van der Waals surface area contributed by atoms with Crippen molar-refractivity contribution in [1.82, 2.24) is 0 Å². The van der Waals surface area contributed by atoms with Gasteiger partial charge in [0.25, 0.3) is 0 Å². The predicted molar refractivity (Wildman–Crippen MR) is 60.2 cm³/mol. The number of nitrogens with two attached hydrogens (primary N) is 1. The maximum absolute atomic E-state index is 8.70. The first-order valence-corrected chi connectivity index (χ1v) is 4.89. The van der Waals surface area contributed by atoms with Gasteiger partial charge in [-0.3, -0.25) is 0 Å². The second-order valence-corrected chi connectivity index (χ2v) is 3.51. The number of halogens is 1. The second kappa shape index (κ2) is 5.81. The number of rotatable bonds is 4. The predicted octanol–water partition coefficient (Wildman–Crippen LogP) is 2.06. The average Bonchev–Trinajstić information content (AvgIpc) is 2.20. The summed E-state index contributed by atoms with van der Waals surface area (Å²) in [6, 6.07) is 7.40. The first kappa shape index (κ1) is 11.2. The molecule has 0 radical (unpaired) electrons. The molecule has 0 bridgehead atoms. The van der Waals surface area contributed by atoms with E-state index >= 15 is 0 Å². The van der Waals surface area contributed by atoms with Gasteiger partial charge in [0.15, 0.2) is 0 Å². The molecule has 1 aromatic carbocycles. The summed E-state index contributed by atoms with van der Waals surface area (Å²) in [5.41, 5.74) is 6.51. The molecule has 76 valence electrons. The Morgan fingerprint density at radius 3 is 2.79 bits per heavy atom. The van der Waals surface area contributed by atoms with Crippen molar-refractivity contribution >= 4 is 17.7 Å². The summed E-state index contributed by atoms with van der Waals surface area (Å²) in [4.78, 5) is 0. The van der Waals surface area contributed by atoms with Gasteiger partial charge in [-0.25, -0.2) is 0 Å². The van der Waals surface area contributed by atoms with Gasteiger partial charge in [-0.1, -0.05) is 42.0 Å². The van der Waals surface area contributed by atoms with Crippen molar-refractivity contribution in [1.29, 1.82) is 0 Å². The van der Waals surface area contributed by atoms with Crippen LogP contribution in [0.3, 0.4) is 0 Å². The minimum Gasteiger partial charge on any atom is -0.395 e. The Bertz CT molecular complexity index is 312. The van der Waals surface area contributed by atoms with Gasteiger partial charge in [0.1, 0.15) is 0 Å². The van der Waals surface area contributed by atoms with E-state index in [0.717, 1.165) is 10.6 Å². The van der Waals surface area contributed by atoms with E-state index in [1.165, 1.54) is 0 Å². The van der Waals surface area contributed by atoms with E-state index in [4.69, 9.17) is 22.4 Å².